The van der Waals surface area contributed by atoms with Crippen molar-refractivity contribution in [3.8, 4) is 0 Å². The number of aromatic nitrogens is 3. The highest BCUT2D eigenvalue weighted by molar-refractivity contribution is 7.71. The molecule has 0 bridgehead atoms. The van der Waals surface area contributed by atoms with Gasteiger partial charge in [0.05, 0.1) is 0 Å². The molecular formula is C10H19N3S. The van der Waals surface area contributed by atoms with Gasteiger partial charge in [0.1, 0.15) is 5.82 Å². The molecule has 4 heteroatoms. The van der Waals surface area contributed by atoms with Gasteiger partial charge < -0.3 is 4.57 Å². The largest absolute Gasteiger partial charge is 0.301 e. The van der Waals surface area contributed by atoms with Crippen LogP contribution in [0.25, 0.3) is 0 Å². The maximum atomic E-state index is 5.20. The van der Waals surface area contributed by atoms with Crippen molar-refractivity contribution in [1.29, 1.82) is 0 Å². The van der Waals surface area contributed by atoms with Crippen LogP contribution < -0.4 is 0 Å². The summed E-state index contributed by atoms with van der Waals surface area (Å²) in [5.41, 5.74) is 0. The van der Waals surface area contributed by atoms with Crippen LogP contribution in [-0.4, -0.2) is 14.8 Å². The molecule has 0 amide bonds. The number of nitrogens with one attached hydrogen (secondary N) is 1. The Morgan fingerprint density at radius 1 is 1.43 bits per heavy atom. The molecule has 0 aliphatic heterocycles. The molecule has 0 aromatic carbocycles. The normalized spacial score (nSPS) is 13.5. The third-order valence-electron chi connectivity index (χ3n) is 2.41. The number of nitrogens with zero attached hydrogens (tertiary/aromatic N) is 2. The van der Waals surface area contributed by atoms with Crippen molar-refractivity contribution in [3.63, 3.8) is 0 Å². The topological polar surface area (TPSA) is 33.6 Å². The predicted molar refractivity (Wildman–Crippen MR) is 61.1 cm³/mol. The molecule has 0 spiro atoms. The van der Waals surface area contributed by atoms with Crippen LogP contribution >= 0.6 is 12.2 Å². The number of aromatic amines is 1. The van der Waals surface area contributed by atoms with Crippen LogP contribution in [0.15, 0.2) is 0 Å². The van der Waals surface area contributed by atoms with Gasteiger partial charge in [-0.15, -0.1) is 0 Å². The average molecular weight is 213 g/mol. The molecule has 0 saturated carbocycles. The zero-order valence-electron chi connectivity index (χ0n) is 9.37. The monoisotopic (exact) mass is 213 g/mol. The molecule has 80 valence electrons. The van der Waals surface area contributed by atoms with E-state index in [1.165, 1.54) is 6.42 Å². The van der Waals surface area contributed by atoms with Gasteiger partial charge >= 0.3 is 0 Å². The van der Waals surface area contributed by atoms with E-state index >= 15 is 0 Å². The van der Waals surface area contributed by atoms with Gasteiger partial charge in [-0.25, -0.2) is 0 Å². The minimum atomic E-state index is 0.385. The van der Waals surface area contributed by atoms with Crippen LogP contribution in [0.2, 0.25) is 0 Å². The number of H-pyrrole nitrogens is 1. The molecule has 14 heavy (non-hydrogen) atoms. The molecule has 0 aliphatic rings. The van der Waals surface area contributed by atoms with Gasteiger partial charge in [-0.05, 0) is 32.5 Å². The highest BCUT2D eigenvalue weighted by Crippen LogP contribution is 2.21. The van der Waals surface area contributed by atoms with Crippen molar-refractivity contribution < 1.29 is 0 Å². The Bertz CT molecular complexity index is 337. The minimum Gasteiger partial charge on any atom is -0.301 e. The first-order valence-electron chi connectivity index (χ1n) is 5.24. The maximum Gasteiger partial charge on any atom is 0.195 e. The van der Waals surface area contributed by atoms with Gasteiger partial charge in [-0.3, -0.25) is 5.10 Å². The second-order valence-corrected chi connectivity index (χ2v) is 4.43. The third-order valence-corrected chi connectivity index (χ3v) is 2.70. The summed E-state index contributed by atoms with van der Waals surface area (Å²) in [6.45, 7) is 8.66. The number of rotatable bonds is 4. The Labute approximate surface area is 90.5 Å². The summed E-state index contributed by atoms with van der Waals surface area (Å²) in [4.78, 5) is 0. The van der Waals surface area contributed by atoms with Crippen LogP contribution in [0.3, 0.4) is 0 Å². The first kappa shape index (κ1) is 11.4. The standard InChI is InChI=1S/C10H19N3S/c1-5-6-8(4)9-11-12-10(14)13(9)7(2)3/h7-8H,5-6H2,1-4H3,(H,12,14). The third kappa shape index (κ3) is 2.23. The van der Waals surface area contributed by atoms with E-state index < -0.39 is 0 Å². The summed E-state index contributed by atoms with van der Waals surface area (Å²) < 4.78 is 2.84. The smallest absolute Gasteiger partial charge is 0.195 e. The van der Waals surface area contributed by atoms with E-state index in [1.807, 2.05) is 0 Å². The van der Waals surface area contributed by atoms with Crippen molar-refractivity contribution in [3.05, 3.63) is 10.6 Å². The Morgan fingerprint density at radius 2 is 2.07 bits per heavy atom. The van der Waals surface area contributed by atoms with Crippen molar-refractivity contribution in [1.82, 2.24) is 14.8 Å². The Hall–Kier alpha value is -0.640. The summed E-state index contributed by atoms with van der Waals surface area (Å²) in [5, 5.41) is 7.17. The van der Waals surface area contributed by atoms with Gasteiger partial charge in [-0.2, -0.15) is 5.10 Å². The fourth-order valence-corrected chi connectivity index (χ4v) is 2.08. The number of hydrogen-bond donors (Lipinski definition) is 1. The van der Waals surface area contributed by atoms with E-state index in [-0.39, 0.29) is 0 Å². The Morgan fingerprint density at radius 3 is 2.57 bits per heavy atom. The van der Waals surface area contributed by atoms with E-state index in [2.05, 4.69) is 42.5 Å². The van der Waals surface area contributed by atoms with Crippen LogP contribution in [0.4, 0.5) is 0 Å². The maximum absolute atomic E-state index is 5.20. The highest BCUT2D eigenvalue weighted by atomic mass is 32.1. The molecule has 1 atom stereocenters. The molecule has 0 saturated heterocycles. The summed E-state index contributed by atoms with van der Waals surface area (Å²) in [6.07, 6.45) is 2.34. The zero-order valence-corrected chi connectivity index (χ0v) is 10.2. The second kappa shape index (κ2) is 4.73. The van der Waals surface area contributed by atoms with Crippen molar-refractivity contribution >= 4 is 12.2 Å². The molecule has 0 fully saturated rings. The van der Waals surface area contributed by atoms with Crippen LogP contribution in [0.1, 0.15) is 58.3 Å². The summed E-state index contributed by atoms with van der Waals surface area (Å²) in [5.74, 6) is 1.57. The lowest BCUT2D eigenvalue weighted by Crippen LogP contribution is -2.09. The lowest BCUT2D eigenvalue weighted by Gasteiger charge is -2.14. The van der Waals surface area contributed by atoms with E-state index in [4.69, 9.17) is 12.2 Å². The lowest BCUT2D eigenvalue weighted by atomic mass is 10.1. The van der Waals surface area contributed by atoms with E-state index in [0.29, 0.717) is 12.0 Å². The fourth-order valence-electron chi connectivity index (χ4n) is 1.73. The molecule has 1 rings (SSSR count). The van der Waals surface area contributed by atoms with Gasteiger partial charge in [0.2, 0.25) is 0 Å². The van der Waals surface area contributed by atoms with Crippen molar-refractivity contribution in [2.45, 2.75) is 52.5 Å². The Balaban J connectivity index is 3.02. The fraction of sp³-hybridized carbons (Fsp3) is 0.800. The minimum absolute atomic E-state index is 0.385. The van der Waals surface area contributed by atoms with Gasteiger partial charge in [0.25, 0.3) is 0 Å². The van der Waals surface area contributed by atoms with E-state index in [9.17, 15) is 0 Å². The molecule has 1 heterocycles. The van der Waals surface area contributed by atoms with Gasteiger partial charge in [-0.1, -0.05) is 20.3 Å². The van der Waals surface area contributed by atoms with Crippen LogP contribution in [0, 0.1) is 4.77 Å². The predicted octanol–water partition coefficient (Wildman–Crippen LogP) is 3.43. The van der Waals surface area contributed by atoms with Crippen molar-refractivity contribution in [2.75, 3.05) is 0 Å². The van der Waals surface area contributed by atoms with E-state index in [1.54, 1.807) is 0 Å². The first-order valence-corrected chi connectivity index (χ1v) is 5.65. The lowest BCUT2D eigenvalue weighted by molar-refractivity contribution is 0.516. The molecule has 1 N–H and O–H groups in total. The van der Waals surface area contributed by atoms with Gasteiger partial charge in [0.15, 0.2) is 4.77 Å². The quantitative estimate of drug-likeness (QED) is 0.777. The highest BCUT2D eigenvalue weighted by Gasteiger charge is 2.14. The summed E-state index contributed by atoms with van der Waals surface area (Å²) >= 11 is 5.20. The molecule has 0 aliphatic carbocycles. The average Bonchev–Trinajstić information content (AvgIpc) is 2.47. The molecular weight excluding hydrogens is 194 g/mol. The molecule has 1 unspecified atom stereocenters. The van der Waals surface area contributed by atoms with Gasteiger partial charge in [0, 0.05) is 12.0 Å². The second-order valence-electron chi connectivity index (χ2n) is 4.04. The molecule has 1 aromatic rings. The first-order chi connectivity index (χ1) is 6.57. The summed E-state index contributed by atoms with van der Waals surface area (Å²) in [7, 11) is 0. The SMILES string of the molecule is CCCC(C)c1n[nH]c(=S)n1C(C)C. The molecule has 3 nitrogen and oxygen atoms in total. The zero-order chi connectivity index (χ0) is 10.7. The van der Waals surface area contributed by atoms with E-state index in [0.717, 1.165) is 17.0 Å². The number of hydrogen-bond acceptors (Lipinski definition) is 2. The van der Waals surface area contributed by atoms with Crippen LogP contribution in [0.5, 0.6) is 0 Å². The van der Waals surface area contributed by atoms with Crippen molar-refractivity contribution in [2.24, 2.45) is 0 Å². The molecule has 0 radical (unpaired) electrons. The summed E-state index contributed by atoms with van der Waals surface area (Å²) in [6, 6.07) is 0.385. The molecule has 1 aromatic heterocycles. The van der Waals surface area contributed by atoms with Crippen LogP contribution in [-0.2, 0) is 0 Å². The Kier molecular flexibility index (Phi) is 3.86.